The van der Waals surface area contributed by atoms with Crippen LogP contribution in [0, 0.1) is 0 Å². The van der Waals surface area contributed by atoms with Crippen molar-refractivity contribution in [3.8, 4) is 0 Å². The highest BCUT2D eigenvalue weighted by Crippen LogP contribution is 2.36. The molecule has 1 heterocycles. The zero-order valence-electron chi connectivity index (χ0n) is 13.2. The summed E-state index contributed by atoms with van der Waals surface area (Å²) in [4.78, 5) is 13.8. The number of amides is 1. The number of carbonyl (C=O) groups excluding carboxylic acids is 1. The Balaban J connectivity index is 2.07. The van der Waals surface area contributed by atoms with Crippen molar-refractivity contribution < 1.29 is 9.53 Å². The molecule has 0 saturated carbocycles. The summed E-state index contributed by atoms with van der Waals surface area (Å²) in [5.74, 6) is 0. The average molecular weight is 390 g/mol. The number of nitrogens with zero attached hydrogens (tertiary/aromatic N) is 1. The number of likely N-dealkylation sites (tertiary alicyclic amines) is 1. The van der Waals surface area contributed by atoms with Crippen LogP contribution >= 0.6 is 27.5 Å². The minimum Gasteiger partial charge on any atom is -0.444 e. The lowest BCUT2D eigenvalue weighted by Gasteiger charge is -2.40. The molecule has 0 bridgehead atoms. The number of rotatable bonds is 1. The maximum absolute atomic E-state index is 12.1. The van der Waals surface area contributed by atoms with Crippen molar-refractivity contribution in [3.05, 3.63) is 33.3 Å². The Morgan fingerprint density at radius 1 is 1.36 bits per heavy atom. The van der Waals surface area contributed by atoms with Crippen LogP contribution in [-0.2, 0) is 10.3 Å². The predicted molar refractivity (Wildman–Crippen MR) is 92.1 cm³/mol. The molecule has 1 amide bonds. The van der Waals surface area contributed by atoms with Crippen LogP contribution in [0.5, 0.6) is 0 Å². The fraction of sp³-hybridized carbons (Fsp3) is 0.562. The maximum atomic E-state index is 12.1. The second kappa shape index (κ2) is 6.38. The van der Waals surface area contributed by atoms with Crippen LogP contribution in [0.3, 0.4) is 0 Å². The van der Waals surface area contributed by atoms with Gasteiger partial charge < -0.3 is 15.4 Å². The van der Waals surface area contributed by atoms with Gasteiger partial charge in [-0.05, 0) is 57.4 Å². The Morgan fingerprint density at radius 3 is 2.50 bits per heavy atom. The standard InChI is InChI=1S/C16H22BrClN2O2/c1-15(2,3)22-14(21)20-8-6-16(19,7-9-20)12-10-11(18)4-5-13(12)17/h4-5,10H,6-9,19H2,1-3H3. The fourth-order valence-corrected chi connectivity index (χ4v) is 3.38. The Labute approximate surface area is 145 Å². The van der Waals surface area contributed by atoms with Gasteiger partial charge in [0.2, 0.25) is 0 Å². The Bertz CT molecular complexity index is 564. The number of carbonyl (C=O) groups is 1. The molecule has 22 heavy (non-hydrogen) atoms. The van der Waals surface area contributed by atoms with Crippen LogP contribution in [0.25, 0.3) is 0 Å². The number of hydrogen-bond donors (Lipinski definition) is 1. The largest absolute Gasteiger partial charge is 0.444 e. The van der Waals surface area contributed by atoms with Gasteiger partial charge in [0.25, 0.3) is 0 Å². The molecule has 1 fully saturated rings. The lowest BCUT2D eigenvalue weighted by Crippen LogP contribution is -2.50. The summed E-state index contributed by atoms with van der Waals surface area (Å²) in [6, 6.07) is 5.63. The van der Waals surface area contributed by atoms with E-state index in [4.69, 9.17) is 22.1 Å². The van der Waals surface area contributed by atoms with Gasteiger partial charge in [-0.15, -0.1) is 0 Å². The molecule has 0 spiro atoms. The third-order valence-corrected chi connectivity index (χ3v) is 4.70. The molecule has 1 aliphatic rings. The summed E-state index contributed by atoms with van der Waals surface area (Å²) >= 11 is 9.63. The van der Waals surface area contributed by atoms with Crippen molar-refractivity contribution in [3.63, 3.8) is 0 Å². The van der Waals surface area contributed by atoms with Crippen LogP contribution in [0.2, 0.25) is 5.02 Å². The van der Waals surface area contributed by atoms with Crippen molar-refractivity contribution in [1.82, 2.24) is 4.90 Å². The molecule has 2 rings (SSSR count). The molecule has 1 saturated heterocycles. The average Bonchev–Trinajstić information content (AvgIpc) is 2.40. The molecule has 0 aromatic heterocycles. The van der Waals surface area contributed by atoms with E-state index in [0.717, 1.165) is 10.0 Å². The smallest absolute Gasteiger partial charge is 0.410 e. The molecular formula is C16H22BrClN2O2. The number of hydrogen-bond acceptors (Lipinski definition) is 3. The quantitative estimate of drug-likeness (QED) is 0.779. The first kappa shape index (κ1) is 17.6. The molecule has 6 heteroatoms. The van der Waals surface area contributed by atoms with E-state index in [0.29, 0.717) is 31.0 Å². The Morgan fingerprint density at radius 2 is 1.95 bits per heavy atom. The van der Waals surface area contributed by atoms with Crippen molar-refractivity contribution >= 4 is 33.6 Å². The number of halogens is 2. The zero-order chi connectivity index (χ0) is 16.5. The minimum atomic E-state index is -0.484. The van der Waals surface area contributed by atoms with E-state index >= 15 is 0 Å². The lowest BCUT2D eigenvalue weighted by molar-refractivity contribution is 0.0166. The van der Waals surface area contributed by atoms with Crippen LogP contribution < -0.4 is 5.73 Å². The molecule has 0 aliphatic carbocycles. The second-order valence-electron chi connectivity index (χ2n) is 6.75. The van der Waals surface area contributed by atoms with Crippen molar-refractivity contribution in [1.29, 1.82) is 0 Å². The molecular weight excluding hydrogens is 368 g/mol. The summed E-state index contributed by atoms with van der Waals surface area (Å²) in [6.45, 7) is 6.75. The third-order valence-electron chi connectivity index (χ3n) is 3.77. The first-order valence-electron chi connectivity index (χ1n) is 7.33. The Hall–Kier alpha value is -0.780. The minimum absolute atomic E-state index is 0.278. The third kappa shape index (κ3) is 4.15. The van der Waals surface area contributed by atoms with Gasteiger partial charge in [0, 0.05) is 28.1 Å². The van der Waals surface area contributed by atoms with E-state index in [2.05, 4.69) is 15.9 Å². The number of ether oxygens (including phenoxy) is 1. The van der Waals surface area contributed by atoms with E-state index in [1.807, 2.05) is 39.0 Å². The fourth-order valence-electron chi connectivity index (χ4n) is 2.56. The van der Waals surface area contributed by atoms with Gasteiger partial charge in [-0.3, -0.25) is 0 Å². The van der Waals surface area contributed by atoms with Gasteiger partial charge in [0.1, 0.15) is 5.60 Å². The molecule has 4 nitrogen and oxygen atoms in total. The molecule has 1 aromatic rings. The van der Waals surface area contributed by atoms with Crippen LogP contribution in [0.4, 0.5) is 4.79 Å². The first-order valence-corrected chi connectivity index (χ1v) is 8.50. The van der Waals surface area contributed by atoms with Gasteiger partial charge in [-0.2, -0.15) is 0 Å². The first-order chi connectivity index (χ1) is 10.1. The highest BCUT2D eigenvalue weighted by atomic mass is 79.9. The highest BCUT2D eigenvalue weighted by Gasteiger charge is 2.36. The summed E-state index contributed by atoms with van der Waals surface area (Å²) in [7, 11) is 0. The number of benzene rings is 1. The topological polar surface area (TPSA) is 55.6 Å². The predicted octanol–water partition coefficient (Wildman–Crippen LogP) is 4.29. The Kier molecular flexibility index (Phi) is 5.09. The van der Waals surface area contributed by atoms with E-state index in [1.54, 1.807) is 4.90 Å². The van der Waals surface area contributed by atoms with Crippen molar-refractivity contribution in [2.24, 2.45) is 5.73 Å². The maximum Gasteiger partial charge on any atom is 0.410 e. The van der Waals surface area contributed by atoms with Gasteiger partial charge in [-0.1, -0.05) is 27.5 Å². The summed E-state index contributed by atoms with van der Waals surface area (Å²) in [5, 5.41) is 0.664. The number of nitrogens with two attached hydrogens (primary N) is 1. The normalized spacial score (nSPS) is 18.2. The lowest BCUT2D eigenvalue weighted by atomic mass is 9.82. The summed E-state index contributed by atoms with van der Waals surface area (Å²) in [6.07, 6.45) is 1.07. The molecule has 0 radical (unpaired) electrons. The van der Waals surface area contributed by atoms with Crippen molar-refractivity contribution in [2.45, 2.75) is 44.8 Å². The van der Waals surface area contributed by atoms with Crippen LogP contribution in [0.15, 0.2) is 22.7 Å². The van der Waals surface area contributed by atoms with Gasteiger partial charge in [0.05, 0.1) is 0 Å². The highest BCUT2D eigenvalue weighted by molar-refractivity contribution is 9.10. The summed E-state index contributed by atoms with van der Waals surface area (Å²) in [5.41, 5.74) is 6.60. The van der Waals surface area contributed by atoms with Crippen LogP contribution in [-0.4, -0.2) is 29.7 Å². The van der Waals surface area contributed by atoms with E-state index in [-0.39, 0.29) is 6.09 Å². The monoisotopic (exact) mass is 388 g/mol. The van der Waals surface area contributed by atoms with E-state index < -0.39 is 11.1 Å². The molecule has 0 unspecified atom stereocenters. The van der Waals surface area contributed by atoms with Gasteiger partial charge >= 0.3 is 6.09 Å². The number of piperidine rings is 1. The SMILES string of the molecule is CC(C)(C)OC(=O)N1CCC(N)(c2cc(Cl)ccc2Br)CC1. The molecule has 1 aliphatic heterocycles. The molecule has 2 N–H and O–H groups in total. The van der Waals surface area contributed by atoms with E-state index in [9.17, 15) is 4.79 Å². The van der Waals surface area contributed by atoms with Gasteiger partial charge in [0.15, 0.2) is 0 Å². The molecule has 1 aromatic carbocycles. The zero-order valence-corrected chi connectivity index (χ0v) is 15.5. The van der Waals surface area contributed by atoms with E-state index in [1.165, 1.54) is 0 Å². The van der Waals surface area contributed by atoms with Gasteiger partial charge in [-0.25, -0.2) is 4.79 Å². The van der Waals surface area contributed by atoms with Crippen molar-refractivity contribution in [2.75, 3.05) is 13.1 Å². The molecule has 122 valence electrons. The second-order valence-corrected chi connectivity index (χ2v) is 8.04. The van der Waals surface area contributed by atoms with Crippen LogP contribution in [0.1, 0.15) is 39.2 Å². The summed E-state index contributed by atoms with van der Waals surface area (Å²) < 4.78 is 6.36. The molecule has 0 atom stereocenters.